The van der Waals surface area contributed by atoms with Crippen LogP contribution in [0.3, 0.4) is 0 Å². The highest BCUT2D eigenvalue weighted by Gasteiger charge is 2.14. The molecule has 0 aliphatic heterocycles. The molecule has 0 unspecified atom stereocenters. The summed E-state index contributed by atoms with van der Waals surface area (Å²) in [4.78, 5) is 0. The zero-order valence-corrected chi connectivity index (χ0v) is 13.3. The fourth-order valence-corrected chi connectivity index (χ4v) is 2.08. The van der Waals surface area contributed by atoms with Crippen molar-refractivity contribution in [3.8, 4) is 5.75 Å². The molecule has 1 aromatic carbocycles. The molecule has 2 N–H and O–H groups in total. The zero-order valence-electron chi connectivity index (χ0n) is 13.3. The third kappa shape index (κ3) is 6.89. The molecule has 0 radical (unpaired) electrons. The van der Waals surface area contributed by atoms with E-state index in [1.54, 1.807) is 19.3 Å². The zero-order chi connectivity index (χ0) is 16.2. The summed E-state index contributed by atoms with van der Waals surface area (Å²) in [7, 11) is 1.65. The summed E-state index contributed by atoms with van der Waals surface area (Å²) in [6.45, 7) is 9.22. The van der Waals surface area contributed by atoms with Crippen LogP contribution in [0.25, 0.3) is 0 Å². The van der Waals surface area contributed by atoms with Crippen molar-refractivity contribution in [3.05, 3.63) is 55.1 Å². The van der Waals surface area contributed by atoms with E-state index in [-0.39, 0.29) is 6.04 Å². The van der Waals surface area contributed by atoms with Crippen LogP contribution in [0.5, 0.6) is 5.75 Å². The van der Waals surface area contributed by atoms with Gasteiger partial charge in [-0.05, 0) is 30.5 Å². The van der Waals surface area contributed by atoms with Crippen LogP contribution in [-0.4, -0.2) is 37.5 Å². The van der Waals surface area contributed by atoms with E-state index in [0.717, 1.165) is 17.7 Å². The fourth-order valence-electron chi connectivity index (χ4n) is 2.08. The third-order valence-corrected chi connectivity index (χ3v) is 3.38. The van der Waals surface area contributed by atoms with Gasteiger partial charge in [0.15, 0.2) is 0 Å². The number of hydrogen-bond donors (Lipinski definition) is 2. The van der Waals surface area contributed by atoms with Crippen molar-refractivity contribution in [3.63, 3.8) is 0 Å². The highest BCUT2D eigenvalue weighted by molar-refractivity contribution is 5.26. The fraction of sp³-hybridized carbons (Fsp3) is 0.444. The second-order valence-electron chi connectivity index (χ2n) is 5.07. The van der Waals surface area contributed by atoms with Gasteiger partial charge in [-0.15, -0.1) is 13.2 Å². The van der Waals surface area contributed by atoms with E-state index in [9.17, 15) is 5.11 Å². The third-order valence-electron chi connectivity index (χ3n) is 3.38. The van der Waals surface area contributed by atoms with Gasteiger partial charge in [-0.2, -0.15) is 0 Å². The van der Waals surface area contributed by atoms with Crippen molar-refractivity contribution in [2.75, 3.05) is 20.3 Å². The highest BCUT2D eigenvalue weighted by Crippen LogP contribution is 2.12. The Labute approximate surface area is 133 Å². The Hall–Kier alpha value is -1.62. The Kier molecular flexibility index (Phi) is 9.23. The monoisotopic (exact) mass is 305 g/mol. The van der Waals surface area contributed by atoms with Crippen LogP contribution in [0.2, 0.25) is 0 Å². The molecule has 22 heavy (non-hydrogen) atoms. The molecule has 122 valence electrons. The van der Waals surface area contributed by atoms with Crippen LogP contribution in [0.15, 0.2) is 49.6 Å². The summed E-state index contributed by atoms with van der Waals surface area (Å²) in [5, 5.41) is 13.2. The minimum absolute atomic E-state index is 0.111. The summed E-state index contributed by atoms with van der Waals surface area (Å²) in [6.07, 6.45) is 4.51. The first-order valence-electron chi connectivity index (χ1n) is 7.56. The predicted molar refractivity (Wildman–Crippen MR) is 90.1 cm³/mol. The molecule has 0 amide bonds. The molecule has 0 spiro atoms. The first-order chi connectivity index (χ1) is 10.7. The molecule has 0 fully saturated rings. The van der Waals surface area contributed by atoms with Crippen molar-refractivity contribution in [1.29, 1.82) is 0 Å². The number of ether oxygens (including phenoxy) is 2. The molecule has 0 bridgehead atoms. The summed E-state index contributed by atoms with van der Waals surface area (Å²) in [5.74, 6) is 0.842. The smallest absolute Gasteiger partial charge is 0.118 e. The maximum atomic E-state index is 10.1. The minimum atomic E-state index is -0.456. The van der Waals surface area contributed by atoms with E-state index in [2.05, 4.69) is 18.5 Å². The Morgan fingerprint density at radius 3 is 2.59 bits per heavy atom. The number of aliphatic hydroxyl groups excluding tert-OH is 1. The van der Waals surface area contributed by atoms with Gasteiger partial charge >= 0.3 is 0 Å². The van der Waals surface area contributed by atoms with E-state index in [0.29, 0.717) is 26.2 Å². The van der Waals surface area contributed by atoms with Gasteiger partial charge in [0.25, 0.3) is 0 Å². The number of benzene rings is 1. The molecule has 2 atom stereocenters. The summed E-state index contributed by atoms with van der Waals surface area (Å²) in [6, 6.07) is 7.70. The van der Waals surface area contributed by atoms with Crippen LogP contribution < -0.4 is 10.1 Å². The van der Waals surface area contributed by atoms with E-state index < -0.39 is 6.10 Å². The van der Waals surface area contributed by atoms with Gasteiger partial charge in [-0.3, -0.25) is 0 Å². The van der Waals surface area contributed by atoms with Crippen LogP contribution >= 0.6 is 0 Å². The number of aliphatic hydroxyl groups is 1. The standard InChI is InChI=1S/C18H27NO3/c1-4-12-19-17(5-2)18(20)7-6-13-22-14-15-8-10-16(21-3)11-9-15/h4-5,8-11,17-20H,1-2,6-7,12-14H2,3H3/t17-,18+/m0/s1. The second-order valence-corrected chi connectivity index (χ2v) is 5.07. The average molecular weight is 305 g/mol. The van der Waals surface area contributed by atoms with Gasteiger partial charge in [-0.25, -0.2) is 0 Å². The maximum Gasteiger partial charge on any atom is 0.118 e. The molecule has 4 nitrogen and oxygen atoms in total. The largest absolute Gasteiger partial charge is 0.497 e. The Morgan fingerprint density at radius 2 is 2.00 bits per heavy atom. The van der Waals surface area contributed by atoms with Crippen molar-refractivity contribution in [2.45, 2.75) is 31.6 Å². The second kappa shape index (κ2) is 11.0. The van der Waals surface area contributed by atoms with Gasteiger partial charge in [0, 0.05) is 13.2 Å². The number of nitrogens with one attached hydrogen (secondary N) is 1. The average Bonchev–Trinajstić information content (AvgIpc) is 2.55. The van der Waals surface area contributed by atoms with Gasteiger partial charge in [0.05, 0.1) is 25.9 Å². The molecule has 0 heterocycles. The molecule has 0 saturated carbocycles. The van der Waals surface area contributed by atoms with Crippen molar-refractivity contribution >= 4 is 0 Å². The summed E-state index contributed by atoms with van der Waals surface area (Å²) in [5.41, 5.74) is 1.11. The van der Waals surface area contributed by atoms with E-state index in [1.807, 2.05) is 24.3 Å². The van der Waals surface area contributed by atoms with Gasteiger partial charge < -0.3 is 19.9 Å². The Morgan fingerprint density at radius 1 is 1.27 bits per heavy atom. The van der Waals surface area contributed by atoms with E-state index >= 15 is 0 Å². The molecular weight excluding hydrogens is 278 g/mol. The van der Waals surface area contributed by atoms with E-state index in [4.69, 9.17) is 9.47 Å². The molecule has 0 aliphatic rings. The molecule has 4 heteroatoms. The number of rotatable bonds is 12. The van der Waals surface area contributed by atoms with Crippen molar-refractivity contribution in [1.82, 2.24) is 5.32 Å². The van der Waals surface area contributed by atoms with Crippen LogP contribution in [0, 0.1) is 0 Å². The van der Waals surface area contributed by atoms with Crippen molar-refractivity contribution in [2.24, 2.45) is 0 Å². The first-order valence-corrected chi connectivity index (χ1v) is 7.56. The number of methoxy groups -OCH3 is 1. The number of hydrogen-bond acceptors (Lipinski definition) is 4. The van der Waals surface area contributed by atoms with Crippen molar-refractivity contribution < 1.29 is 14.6 Å². The predicted octanol–water partition coefficient (Wildman–Crippen LogP) is 2.68. The van der Waals surface area contributed by atoms with Gasteiger partial charge in [0.2, 0.25) is 0 Å². The Bertz CT molecular complexity index is 430. The van der Waals surface area contributed by atoms with Gasteiger partial charge in [0.1, 0.15) is 5.75 Å². The lowest BCUT2D eigenvalue weighted by Gasteiger charge is -2.20. The minimum Gasteiger partial charge on any atom is -0.497 e. The molecule has 1 aromatic rings. The normalized spacial score (nSPS) is 13.4. The SMILES string of the molecule is C=CCN[C@@H](C=C)[C@H](O)CCCOCc1ccc(OC)cc1. The lowest BCUT2D eigenvalue weighted by atomic mass is 10.1. The molecular formula is C18H27NO3. The molecule has 0 aromatic heterocycles. The van der Waals surface area contributed by atoms with E-state index in [1.165, 1.54) is 0 Å². The molecule has 0 aliphatic carbocycles. The summed E-state index contributed by atoms with van der Waals surface area (Å²) < 4.78 is 10.7. The maximum absolute atomic E-state index is 10.1. The lowest BCUT2D eigenvalue weighted by Crippen LogP contribution is -2.38. The van der Waals surface area contributed by atoms with Crippen LogP contribution in [-0.2, 0) is 11.3 Å². The summed E-state index contributed by atoms with van der Waals surface area (Å²) >= 11 is 0. The first kappa shape index (κ1) is 18.4. The Balaban J connectivity index is 2.18. The lowest BCUT2D eigenvalue weighted by molar-refractivity contribution is 0.0895. The molecule has 0 saturated heterocycles. The highest BCUT2D eigenvalue weighted by atomic mass is 16.5. The quantitative estimate of drug-likeness (QED) is 0.460. The topological polar surface area (TPSA) is 50.7 Å². The van der Waals surface area contributed by atoms with Crippen LogP contribution in [0.1, 0.15) is 18.4 Å². The van der Waals surface area contributed by atoms with Crippen LogP contribution in [0.4, 0.5) is 0 Å². The van der Waals surface area contributed by atoms with Gasteiger partial charge in [-0.1, -0.05) is 24.3 Å². The molecule has 1 rings (SSSR count).